The molecule has 3 aromatic rings. The number of ether oxygens (including phenoxy) is 1. The Morgan fingerprint density at radius 2 is 2.00 bits per heavy atom. The van der Waals surface area contributed by atoms with Gasteiger partial charge in [-0.2, -0.15) is 0 Å². The molecule has 32 heavy (non-hydrogen) atoms. The van der Waals surface area contributed by atoms with Crippen molar-refractivity contribution >= 4 is 40.0 Å². The molecule has 0 fully saturated rings. The Morgan fingerprint density at radius 3 is 2.72 bits per heavy atom. The minimum Gasteiger partial charge on any atom is -0.462 e. The Hall–Kier alpha value is -2.72. The van der Waals surface area contributed by atoms with Gasteiger partial charge in [0.05, 0.1) is 17.9 Å². The second kappa shape index (κ2) is 9.83. The number of benzene rings is 1. The van der Waals surface area contributed by atoms with Gasteiger partial charge in [0, 0.05) is 17.0 Å². The third-order valence-electron chi connectivity index (χ3n) is 5.12. The topological polar surface area (TPSA) is 86.1 Å². The summed E-state index contributed by atoms with van der Waals surface area (Å²) in [7, 11) is 0. The summed E-state index contributed by atoms with van der Waals surface area (Å²) in [6.45, 7) is 4.62. The molecule has 0 aliphatic heterocycles. The number of anilines is 1. The number of esters is 1. The zero-order valence-corrected chi connectivity index (χ0v) is 19.4. The first-order valence-electron chi connectivity index (χ1n) is 10.4. The van der Waals surface area contributed by atoms with Crippen LogP contribution in [0.5, 0.6) is 0 Å². The number of thioether (sulfide) groups is 1. The summed E-state index contributed by atoms with van der Waals surface area (Å²) in [6, 6.07) is 6.06. The average molecular weight is 475 g/mol. The molecule has 168 valence electrons. The van der Waals surface area contributed by atoms with Gasteiger partial charge in [0.2, 0.25) is 5.91 Å². The van der Waals surface area contributed by atoms with Crippen molar-refractivity contribution in [1.82, 2.24) is 14.8 Å². The van der Waals surface area contributed by atoms with E-state index in [0.717, 1.165) is 35.3 Å². The monoisotopic (exact) mass is 474 g/mol. The van der Waals surface area contributed by atoms with Crippen LogP contribution in [-0.4, -0.2) is 39.0 Å². The summed E-state index contributed by atoms with van der Waals surface area (Å²) in [5.74, 6) is -0.190. The molecule has 0 radical (unpaired) electrons. The number of thiophene rings is 1. The first kappa shape index (κ1) is 22.5. The number of nitrogens with one attached hydrogen (secondary N) is 1. The van der Waals surface area contributed by atoms with Gasteiger partial charge in [0.15, 0.2) is 11.0 Å². The fourth-order valence-corrected chi connectivity index (χ4v) is 5.79. The minimum atomic E-state index is -0.385. The molecule has 4 rings (SSSR count). The predicted octanol–water partition coefficient (Wildman–Crippen LogP) is 4.56. The molecule has 0 spiro atoms. The maximum Gasteiger partial charge on any atom is 0.341 e. The molecule has 0 unspecified atom stereocenters. The van der Waals surface area contributed by atoms with Crippen molar-refractivity contribution in [2.24, 2.45) is 0 Å². The van der Waals surface area contributed by atoms with E-state index in [-0.39, 0.29) is 30.1 Å². The first-order chi connectivity index (χ1) is 15.5. The van der Waals surface area contributed by atoms with Crippen LogP contribution in [0.15, 0.2) is 29.4 Å². The number of fused-ring (bicyclic) bond motifs is 1. The van der Waals surface area contributed by atoms with Gasteiger partial charge in [0.25, 0.3) is 0 Å². The molecule has 1 N–H and O–H groups in total. The lowest BCUT2D eigenvalue weighted by Crippen LogP contribution is -2.17. The van der Waals surface area contributed by atoms with Crippen molar-refractivity contribution in [1.29, 1.82) is 0 Å². The van der Waals surface area contributed by atoms with E-state index in [1.165, 1.54) is 35.2 Å². The fraction of sp³-hybridized carbons (Fsp3) is 0.364. The number of amides is 1. The normalized spacial score (nSPS) is 12.6. The van der Waals surface area contributed by atoms with E-state index in [9.17, 15) is 14.0 Å². The number of rotatable bonds is 8. The van der Waals surface area contributed by atoms with E-state index in [2.05, 4.69) is 15.5 Å². The number of hydrogen-bond acceptors (Lipinski definition) is 7. The zero-order chi connectivity index (χ0) is 22.7. The molecular weight excluding hydrogens is 451 g/mol. The summed E-state index contributed by atoms with van der Waals surface area (Å²) in [6.07, 6.45) is 2.76. The Kier molecular flexibility index (Phi) is 6.90. The highest BCUT2D eigenvalue weighted by atomic mass is 32.2. The smallest absolute Gasteiger partial charge is 0.341 e. The van der Waals surface area contributed by atoms with Gasteiger partial charge in [-0.3, -0.25) is 4.79 Å². The third kappa shape index (κ3) is 4.56. The van der Waals surface area contributed by atoms with Crippen LogP contribution < -0.4 is 5.32 Å². The maximum absolute atomic E-state index is 13.2. The summed E-state index contributed by atoms with van der Waals surface area (Å²) in [5, 5.41) is 12.5. The van der Waals surface area contributed by atoms with Crippen molar-refractivity contribution in [2.45, 2.75) is 44.8 Å². The van der Waals surface area contributed by atoms with E-state index in [1.807, 2.05) is 11.5 Å². The van der Waals surface area contributed by atoms with E-state index < -0.39 is 0 Å². The van der Waals surface area contributed by atoms with Crippen LogP contribution in [0.4, 0.5) is 9.39 Å². The second-order valence-corrected chi connectivity index (χ2v) is 9.22. The van der Waals surface area contributed by atoms with Gasteiger partial charge in [-0.25, -0.2) is 9.18 Å². The lowest BCUT2D eigenvalue weighted by molar-refractivity contribution is -0.113. The lowest BCUT2D eigenvalue weighted by atomic mass is 10.1. The number of aryl methyl sites for hydroxylation is 1. The van der Waals surface area contributed by atoms with E-state index in [0.29, 0.717) is 28.1 Å². The summed E-state index contributed by atoms with van der Waals surface area (Å²) in [4.78, 5) is 26.3. The van der Waals surface area contributed by atoms with Crippen molar-refractivity contribution in [2.75, 3.05) is 17.7 Å². The fourth-order valence-electron chi connectivity index (χ4n) is 3.70. The molecule has 7 nitrogen and oxygen atoms in total. The predicted molar refractivity (Wildman–Crippen MR) is 123 cm³/mol. The largest absolute Gasteiger partial charge is 0.462 e. The highest BCUT2D eigenvalue weighted by molar-refractivity contribution is 7.99. The molecule has 2 heterocycles. The van der Waals surface area contributed by atoms with E-state index in [4.69, 9.17) is 4.74 Å². The number of aromatic nitrogens is 3. The molecule has 1 aliphatic rings. The SMILES string of the molecule is CCOC(=O)c1c(NC(=O)CSc2nnc(-c3ccc(F)cc3)n2CC)sc2c1CCC2. The molecule has 0 saturated heterocycles. The van der Waals surface area contributed by atoms with Crippen LogP contribution in [0.1, 0.15) is 41.1 Å². The van der Waals surface area contributed by atoms with Crippen LogP contribution >= 0.6 is 23.1 Å². The average Bonchev–Trinajstić information content (AvgIpc) is 3.47. The number of nitrogens with zero attached hydrogens (tertiary/aromatic N) is 3. The maximum atomic E-state index is 13.2. The number of hydrogen-bond donors (Lipinski definition) is 1. The summed E-state index contributed by atoms with van der Waals surface area (Å²) in [5.41, 5.74) is 2.26. The number of carbonyl (C=O) groups excluding carboxylic acids is 2. The number of carbonyl (C=O) groups is 2. The van der Waals surface area contributed by atoms with Crippen LogP contribution in [0.2, 0.25) is 0 Å². The molecule has 1 aromatic carbocycles. The van der Waals surface area contributed by atoms with E-state index >= 15 is 0 Å². The second-order valence-electron chi connectivity index (χ2n) is 7.18. The molecule has 0 saturated carbocycles. The molecule has 1 amide bonds. The molecule has 10 heteroatoms. The minimum absolute atomic E-state index is 0.117. The standard InChI is InChI=1S/C22H23FN4O3S2/c1-3-27-19(13-8-10-14(23)11-9-13)25-26-22(27)31-12-17(28)24-20-18(21(29)30-4-2)15-6-5-7-16(15)32-20/h8-11H,3-7,12H2,1-2H3,(H,24,28). The van der Waals surface area contributed by atoms with Gasteiger partial charge < -0.3 is 14.6 Å². The van der Waals surface area contributed by atoms with Gasteiger partial charge in [-0.15, -0.1) is 21.5 Å². The first-order valence-corrected chi connectivity index (χ1v) is 12.3. The summed E-state index contributed by atoms with van der Waals surface area (Å²) >= 11 is 2.72. The molecule has 2 aromatic heterocycles. The quantitative estimate of drug-likeness (QED) is 0.380. The van der Waals surface area contributed by atoms with Crippen LogP contribution in [-0.2, 0) is 28.9 Å². The van der Waals surface area contributed by atoms with Gasteiger partial charge in [0.1, 0.15) is 10.8 Å². The van der Waals surface area contributed by atoms with Crippen molar-refractivity contribution in [3.8, 4) is 11.4 Å². The number of halogens is 1. The van der Waals surface area contributed by atoms with Crippen molar-refractivity contribution in [3.05, 3.63) is 46.1 Å². The van der Waals surface area contributed by atoms with Crippen LogP contribution in [0.25, 0.3) is 11.4 Å². The van der Waals surface area contributed by atoms with Gasteiger partial charge in [-0.1, -0.05) is 11.8 Å². The molecule has 0 atom stereocenters. The Balaban J connectivity index is 1.46. The lowest BCUT2D eigenvalue weighted by Gasteiger charge is -2.09. The Labute approximate surface area is 193 Å². The van der Waals surface area contributed by atoms with Gasteiger partial charge in [-0.05, 0) is 62.9 Å². The highest BCUT2D eigenvalue weighted by Crippen LogP contribution is 2.39. The van der Waals surface area contributed by atoms with Gasteiger partial charge >= 0.3 is 5.97 Å². The highest BCUT2D eigenvalue weighted by Gasteiger charge is 2.28. The van der Waals surface area contributed by atoms with Crippen molar-refractivity contribution < 1.29 is 18.7 Å². The Bertz CT molecular complexity index is 1140. The molecular formula is C22H23FN4O3S2. The Morgan fingerprint density at radius 1 is 1.22 bits per heavy atom. The summed E-state index contributed by atoms with van der Waals surface area (Å²) < 4.78 is 20.3. The van der Waals surface area contributed by atoms with Crippen LogP contribution in [0.3, 0.4) is 0 Å². The third-order valence-corrected chi connectivity index (χ3v) is 7.30. The zero-order valence-electron chi connectivity index (χ0n) is 17.8. The van der Waals surface area contributed by atoms with Crippen LogP contribution in [0, 0.1) is 5.82 Å². The van der Waals surface area contributed by atoms with Crippen molar-refractivity contribution in [3.63, 3.8) is 0 Å². The van der Waals surface area contributed by atoms with E-state index in [1.54, 1.807) is 19.1 Å². The molecule has 0 bridgehead atoms. The molecule has 1 aliphatic carbocycles.